The fourth-order valence-corrected chi connectivity index (χ4v) is 1.77. The molecule has 0 aliphatic carbocycles. The third kappa shape index (κ3) is 3.91. The standard InChI is InChI=1S/C14H13Cl2NO/c15-12-3-7-14(8-4-12)18-13-5-1-11(2-6-13)9-10-17-16/h1-8,17H,9-10H2. The molecule has 0 amide bonds. The van der Waals surface area contributed by atoms with E-state index in [4.69, 9.17) is 28.1 Å². The van der Waals surface area contributed by atoms with E-state index in [2.05, 4.69) is 4.84 Å². The molecule has 0 aliphatic heterocycles. The Morgan fingerprint density at radius 3 is 2.00 bits per heavy atom. The van der Waals surface area contributed by atoms with Crippen LogP contribution in [0.4, 0.5) is 0 Å². The molecule has 18 heavy (non-hydrogen) atoms. The molecule has 0 aliphatic rings. The van der Waals surface area contributed by atoms with Gasteiger partial charge in [0.2, 0.25) is 0 Å². The van der Waals surface area contributed by atoms with Gasteiger partial charge < -0.3 is 4.74 Å². The second-order valence-corrected chi connectivity index (χ2v) is 4.54. The van der Waals surface area contributed by atoms with E-state index in [9.17, 15) is 0 Å². The Hall–Kier alpha value is -1.22. The van der Waals surface area contributed by atoms with E-state index in [1.54, 1.807) is 12.1 Å². The van der Waals surface area contributed by atoms with E-state index >= 15 is 0 Å². The van der Waals surface area contributed by atoms with Gasteiger partial charge in [0.15, 0.2) is 0 Å². The molecular weight excluding hydrogens is 269 g/mol. The molecule has 94 valence electrons. The largest absolute Gasteiger partial charge is 0.457 e. The molecule has 4 heteroatoms. The van der Waals surface area contributed by atoms with Crippen LogP contribution in [0.1, 0.15) is 5.56 Å². The first-order chi connectivity index (χ1) is 8.78. The zero-order chi connectivity index (χ0) is 12.8. The van der Waals surface area contributed by atoms with Crippen LogP contribution in [0, 0.1) is 0 Å². The number of benzene rings is 2. The maximum Gasteiger partial charge on any atom is 0.127 e. The topological polar surface area (TPSA) is 21.3 Å². The molecule has 0 heterocycles. The van der Waals surface area contributed by atoms with Crippen molar-refractivity contribution in [2.45, 2.75) is 6.42 Å². The fourth-order valence-electron chi connectivity index (χ4n) is 1.55. The molecule has 0 aromatic heterocycles. The number of rotatable bonds is 5. The molecule has 0 saturated carbocycles. The minimum Gasteiger partial charge on any atom is -0.457 e. The number of halogens is 2. The maximum atomic E-state index is 5.81. The van der Waals surface area contributed by atoms with Crippen molar-refractivity contribution in [1.29, 1.82) is 0 Å². The number of hydrogen-bond donors (Lipinski definition) is 1. The summed E-state index contributed by atoms with van der Waals surface area (Å²) >= 11 is 11.2. The molecule has 0 spiro atoms. The molecule has 0 unspecified atom stereocenters. The summed E-state index contributed by atoms with van der Waals surface area (Å²) in [5.41, 5.74) is 1.21. The zero-order valence-electron chi connectivity index (χ0n) is 9.70. The summed E-state index contributed by atoms with van der Waals surface area (Å²) in [6, 6.07) is 15.2. The third-order valence-electron chi connectivity index (χ3n) is 2.48. The van der Waals surface area contributed by atoms with Crippen LogP contribution in [-0.2, 0) is 6.42 Å². The normalized spacial score (nSPS) is 10.3. The van der Waals surface area contributed by atoms with Crippen molar-refractivity contribution in [3.05, 3.63) is 59.1 Å². The van der Waals surface area contributed by atoms with Crippen molar-refractivity contribution in [3.8, 4) is 11.5 Å². The van der Waals surface area contributed by atoms with E-state index in [0.717, 1.165) is 24.5 Å². The highest BCUT2D eigenvalue weighted by atomic mass is 35.5. The molecular formula is C14H13Cl2NO. The Kier molecular flexibility index (Phi) is 4.88. The van der Waals surface area contributed by atoms with Crippen LogP contribution in [-0.4, -0.2) is 6.54 Å². The minimum absolute atomic E-state index is 0.700. The summed E-state index contributed by atoms with van der Waals surface area (Å²) in [6.07, 6.45) is 0.894. The molecule has 0 fully saturated rings. The Bertz CT molecular complexity index is 482. The maximum absolute atomic E-state index is 5.81. The average molecular weight is 282 g/mol. The highest BCUT2D eigenvalue weighted by Crippen LogP contribution is 2.23. The first-order valence-electron chi connectivity index (χ1n) is 5.64. The Balaban J connectivity index is 1.99. The monoisotopic (exact) mass is 281 g/mol. The van der Waals surface area contributed by atoms with Crippen molar-refractivity contribution in [3.63, 3.8) is 0 Å². The van der Waals surface area contributed by atoms with Crippen LogP contribution in [0.3, 0.4) is 0 Å². The van der Waals surface area contributed by atoms with E-state index in [-0.39, 0.29) is 0 Å². The predicted octanol–water partition coefficient (Wildman–Crippen LogP) is 4.42. The van der Waals surface area contributed by atoms with Gasteiger partial charge in [-0.05, 0) is 60.2 Å². The van der Waals surface area contributed by atoms with Gasteiger partial charge in [0.25, 0.3) is 0 Å². The minimum atomic E-state index is 0.700. The van der Waals surface area contributed by atoms with Crippen molar-refractivity contribution < 1.29 is 4.74 Å². The third-order valence-corrected chi connectivity index (χ3v) is 2.92. The smallest absolute Gasteiger partial charge is 0.127 e. The van der Waals surface area contributed by atoms with Gasteiger partial charge in [-0.2, -0.15) is 0 Å². The summed E-state index contributed by atoms with van der Waals surface area (Å²) in [4.78, 5) is 2.60. The van der Waals surface area contributed by atoms with Crippen molar-refractivity contribution in [1.82, 2.24) is 4.84 Å². The van der Waals surface area contributed by atoms with Gasteiger partial charge in [0, 0.05) is 11.6 Å². The first kappa shape index (κ1) is 13.2. The van der Waals surface area contributed by atoms with Crippen LogP contribution < -0.4 is 9.57 Å². The lowest BCUT2D eigenvalue weighted by Gasteiger charge is -2.06. The van der Waals surface area contributed by atoms with E-state index in [1.165, 1.54) is 5.56 Å². The fraction of sp³-hybridized carbons (Fsp3) is 0.143. The molecule has 0 bridgehead atoms. The lowest BCUT2D eigenvalue weighted by Crippen LogP contribution is -2.03. The van der Waals surface area contributed by atoms with Gasteiger partial charge in [-0.25, -0.2) is 4.84 Å². The second kappa shape index (κ2) is 6.64. The summed E-state index contributed by atoms with van der Waals surface area (Å²) in [5.74, 6) is 1.58. The summed E-state index contributed by atoms with van der Waals surface area (Å²) in [5, 5.41) is 0.700. The number of nitrogens with one attached hydrogen (secondary N) is 1. The van der Waals surface area contributed by atoms with Gasteiger partial charge in [0.1, 0.15) is 11.5 Å². The van der Waals surface area contributed by atoms with Gasteiger partial charge in [0.05, 0.1) is 0 Å². The van der Waals surface area contributed by atoms with Gasteiger partial charge in [-0.3, -0.25) is 0 Å². The molecule has 1 N–H and O–H groups in total. The molecule has 2 rings (SSSR count). The van der Waals surface area contributed by atoms with E-state index in [1.807, 2.05) is 36.4 Å². The van der Waals surface area contributed by atoms with Crippen molar-refractivity contribution in [2.75, 3.05) is 6.54 Å². The summed E-state index contributed by atoms with van der Waals surface area (Å²) in [7, 11) is 0. The lowest BCUT2D eigenvalue weighted by atomic mass is 10.1. The van der Waals surface area contributed by atoms with Crippen LogP contribution in [0.25, 0.3) is 0 Å². The number of hydrogen-bond acceptors (Lipinski definition) is 2. The van der Waals surface area contributed by atoms with Gasteiger partial charge in [-0.15, -0.1) is 0 Å². The van der Waals surface area contributed by atoms with Crippen LogP contribution >= 0.6 is 23.4 Å². The molecule has 0 atom stereocenters. The number of ether oxygens (including phenoxy) is 1. The van der Waals surface area contributed by atoms with Crippen molar-refractivity contribution >= 4 is 23.4 Å². The molecule has 0 saturated heterocycles. The highest BCUT2D eigenvalue weighted by Gasteiger charge is 1.98. The van der Waals surface area contributed by atoms with Crippen LogP contribution in [0.5, 0.6) is 11.5 Å². The molecule has 2 nitrogen and oxygen atoms in total. The second-order valence-electron chi connectivity index (χ2n) is 3.83. The Labute approximate surface area is 117 Å². The van der Waals surface area contributed by atoms with Crippen LogP contribution in [0.2, 0.25) is 5.02 Å². The summed E-state index contributed by atoms with van der Waals surface area (Å²) in [6.45, 7) is 0.749. The lowest BCUT2D eigenvalue weighted by molar-refractivity contribution is 0.482. The SMILES string of the molecule is ClNCCc1ccc(Oc2ccc(Cl)cc2)cc1. The quantitative estimate of drug-likeness (QED) is 0.820. The Morgan fingerprint density at radius 1 is 0.889 bits per heavy atom. The summed E-state index contributed by atoms with van der Waals surface area (Å²) < 4.78 is 5.69. The molecule has 2 aromatic rings. The van der Waals surface area contributed by atoms with Crippen LogP contribution in [0.15, 0.2) is 48.5 Å². The van der Waals surface area contributed by atoms with E-state index < -0.39 is 0 Å². The first-order valence-corrected chi connectivity index (χ1v) is 6.39. The van der Waals surface area contributed by atoms with Gasteiger partial charge in [-0.1, -0.05) is 23.7 Å². The zero-order valence-corrected chi connectivity index (χ0v) is 11.2. The van der Waals surface area contributed by atoms with Gasteiger partial charge >= 0.3 is 0 Å². The Morgan fingerprint density at radius 2 is 1.44 bits per heavy atom. The molecule has 0 radical (unpaired) electrons. The molecule has 2 aromatic carbocycles. The highest BCUT2D eigenvalue weighted by molar-refractivity contribution is 6.30. The predicted molar refractivity (Wildman–Crippen MR) is 75.5 cm³/mol. The average Bonchev–Trinajstić information content (AvgIpc) is 2.41. The van der Waals surface area contributed by atoms with Crippen molar-refractivity contribution in [2.24, 2.45) is 0 Å². The van der Waals surface area contributed by atoms with E-state index in [0.29, 0.717) is 5.02 Å².